The van der Waals surface area contributed by atoms with E-state index in [0.717, 1.165) is 22.8 Å². The molecule has 2 N–H and O–H groups in total. The third-order valence-electron chi connectivity index (χ3n) is 2.97. The van der Waals surface area contributed by atoms with Crippen molar-refractivity contribution in [3.05, 3.63) is 77.6 Å². The van der Waals surface area contributed by atoms with Gasteiger partial charge in [-0.1, -0.05) is 30.3 Å². The first-order valence-electron chi connectivity index (χ1n) is 6.99. The summed E-state index contributed by atoms with van der Waals surface area (Å²) in [5.74, 6) is -1.18. The second-order valence-corrected chi connectivity index (χ2v) is 4.75. The van der Waals surface area contributed by atoms with E-state index in [-0.39, 0.29) is 5.91 Å². The molecule has 5 heteroatoms. The van der Waals surface area contributed by atoms with Crippen molar-refractivity contribution in [2.75, 3.05) is 0 Å². The molecule has 0 saturated carbocycles. The lowest BCUT2D eigenvalue weighted by molar-refractivity contribution is -0.131. The zero-order valence-electron chi connectivity index (χ0n) is 12.3. The lowest BCUT2D eigenvalue weighted by Gasteiger charge is -2.01. The van der Waals surface area contributed by atoms with Crippen LogP contribution in [0.1, 0.15) is 16.7 Å². The summed E-state index contributed by atoms with van der Waals surface area (Å²) in [7, 11) is 0. The number of pyridine rings is 1. The van der Waals surface area contributed by atoms with Gasteiger partial charge in [0, 0.05) is 31.1 Å². The number of hydrogen-bond acceptors (Lipinski definition) is 3. The van der Waals surface area contributed by atoms with E-state index in [1.807, 2.05) is 24.3 Å². The molecule has 2 rings (SSSR count). The summed E-state index contributed by atoms with van der Waals surface area (Å²) >= 11 is 0. The summed E-state index contributed by atoms with van der Waals surface area (Å²) < 4.78 is 0. The SMILES string of the molecule is O=C(O)C=Cc1ccc(C=CC(=O)NCc2cccnc2)cc1. The average molecular weight is 308 g/mol. The quantitative estimate of drug-likeness (QED) is 0.804. The van der Waals surface area contributed by atoms with Crippen LogP contribution in [0.5, 0.6) is 0 Å². The summed E-state index contributed by atoms with van der Waals surface area (Å²) in [6.45, 7) is 0.427. The number of amides is 1. The molecule has 0 aliphatic carbocycles. The van der Waals surface area contributed by atoms with Gasteiger partial charge in [0.05, 0.1) is 0 Å². The van der Waals surface area contributed by atoms with Crippen LogP contribution in [-0.2, 0) is 16.1 Å². The first kappa shape index (κ1) is 16.2. The summed E-state index contributed by atoms with van der Waals surface area (Å²) in [5.41, 5.74) is 2.57. The normalized spacial score (nSPS) is 11.0. The number of carbonyl (C=O) groups excluding carboxylic acids is 1. The number of aromatic nitrogens is 1. The summed E-state index contributed by atoms with van der Waals surface area (Å²) in [4.78, 5) is 26.2. The highest BCUT2D eigenvalue weighted by molar-refractivity contribution is 5.91. The standard InChI is InChI=1S/C18H16N2O3/c21-17(20-13-16-2-1-11-19-12-16)9-7-14-3-5-15(6-4-14)8-10-18(22)23/h1-12H,13H2,(H,20,21)(H,22,23). The van der Waals surface area contributed by atoms with E-state index in [1.54, 1.807) is 30.6 Å². The molecule has 1 amide bonds. The lowest BCUT2D eigenvalue weighted by Crippen LogP contribution is -2.20. The average Bonchev–Trinajstić information content (AvgIpc) is 2.58. The van der Waals surface area contributed by atoms with Crippen LogP contribution in [0.15, 0.2) is 60.9 Å². The Kier molecular flexibility index (Phi) is 5.82. The maximum atomic E-state index is 11.7. The third kappa shape index (κ3) is 5.97. The zero-order valence-corrected chi connectivity index (χ0v) is 12.3. The predicted octanol–water partition coefficient (Wildman–Crippen LogP) is 2.51. The summed E-state index contributed by atoms with van der Waals surface area (Å²) in [6, 6.07) is 10.9. The molecule has 23 heavy (non-hydrogen) atoms. The number of nitrogens with one attached hydrogen (secondary N) is 1. The lowest BCUT2D eigenvalue weighted by atomic mass is 10.1. The Morgan fingerprint density at radius 1 is 1.04 bits per heavy atom. The first-order valence-corrected chi connectivity index (χ1v) is 6.99. The van der Waals surface area contributed by atoms with Crippen LogP contribution >= 0.6 is 0 Å². The van der Waals surface area contributed by atoms with Gasteiger partial charge >= 0.3 is 5.97 Å². The van der Waals surface area contributed by atoms with Crippen molar-refractivity contribution in [2.24, 2.45) is 0 Å². The van der Waals surface area contributed by atoms with Crippen molar-refractivity contribution >= 4 is 24.0 Å². The van der Waals surface area contributed by atoms with Crippen LogP contribution in [0.25, 0.3) is 12.2 Å². The van der Waals surface area contributed by atoms with E-state index < -0.39 is 5.97 Å². The molecule has 1 aromatic heterocycles. The van der Waals surface area contributed by atoms with Gasteiger partial charge in [0.15, 0.2) is 0 Å². The van der Waals surface area contributed by atoms with Crippen molar-refractivity contribution < 1.29 is 14.7 Å². The Labute approximate surface area is 134 Å². The number of rotatable bonds is 6. The molecule has 0 saturated heterocycles. The van der Waals surface area contributed by atoms with Crippen LogP contribution in [0.2, 0.25) is 0 Å². The van der Waals surface area contributed by atoms with E-state index in [4.69, 9.17) is 5.11 Å². The van der Waals surface area contributed by atoms with Crippen molar-refractivity contribution in [3.8, 4) is 0 Å². The molecule has 0 aliphatic rings. The van der Waals surface area contributed by atoms with Crippen LogP contribution < -0.4 is 5.32 Å². The third-order valence-corrected chi connectivity index (χ3v) is 2.97. The smallest absolute Gasteiger partial charge is 0.328 e. The first-order chi connectivity index (χ1) is 11.1. The minimum Gasteiger partial charge on any atom is -0.478 e. The maximum absolute atomic E-state index is 11.7. The molecule has 0 atom stereocenters. The molecule has 0 aliphatic heterocycles. The van der Waals surface area contributed by atoms with Crippen LogP contribution in [-0.4, -0.2) is 22.0 Å². The zero-order chi connectivity index (χ0) is 16.5. The van der Waals surface area contributed by atoms with Crippen molar-refractivity contribution in [3.63, 3.8) is 0 Å². The van der Waals surface area contributed by atoms with Gasteiger partial charge in [-0.25, -0.2) is 4.79 Å². The van der Waals surface area contributed by atoms with Gasteiger partial charge in [-0.15, -0.1) is 0 Å². The molecule has 0 fully saturated rings. The van der Waals surface area contributed by atoms with E-state index in [9.17, 15) is 9.59 Å². The largest absolute Gasteiger partial charge is 0.478 e. The maximum Gasteiger partial charge on any atom is 0.328 e. The fraction of sp³-hybridized carbons (Fsp3) is 0.0556. The number of hydrogen-bond donors (Lipinski definition) is 2. The van der Waals surface area contributed by atoms with Gasteiger partial charge in [-0.2, -0.15) is 0 Å². The number of benzene rings is 1. The Morgan fingerprint density at radius 3 is 2.26 bits per heavy atom. The number of aliphatic carboxylic acids is 1. The topological polar surface area (TPSA) is 79.3 Å². The monoisotopic (exact) mass is 308 g/mol. The van der Waals surface area contributed by atoms with Gasteiger partial charge in [-0.3, -0.25) is 9.78 Å². The number of carboxylic acids is 1. The molecule has 0 unspecified atom stereocenters. The molecule has 116 valence electrons. The van der Waals surface area contributed by atoms with E-state index in [0.29, 0.717) is 6.54 Å². The highest BCUT2D eigenvalue weighted by Crippen LogP contribution is 2.07. The van der Waals surface area contributed by atoms with Gasteiger partial charge in [0.25, 0.3) is 0 Å². The number of nitrogens with zero attached hydrogens (tertiary/aromatic N) is 1. The summed E-state index contributed by atoms with van der Waals surface area (Å²) in [6.07, 6.45) is 9.13. The van der Waals surface area contributed by atoms with Crippen LogP contribution in [0, 0.1) is 0 Å². The van der Waals surface area contributed by atoms with Crippen molar-refractivity contribution in [1.29, 1.82) is 0 Å². The Bertz CT molecular complexity index is 720. The van der Waals surface area contributed by atoms with Gasteiger partial charge in [0.2, 0.25) is 5.91 Å². The van der Waals surface area contributed by atoms with Crippen LogP contribution in [0.3, 0.4) is 0 Å². The highest BCUT2D eigenvalue weighted by Gasteiger charge is 1.97. The van der Waals surface area contributed by atoms with Gasteiger partial charge in [0.1, 0.15) is 0 Å². The van der Waals surface area contributed by atoms with Crippen molar-refractivity contribution in [2.45, 2.75) is 6.54 Å². The fourth-order valence-electron chi connectivity index (χ4n) is 1.81. The molecule has 1 aromatic carbocycles. The van der Waals surface area contributed by atoms with Gasteiger partial charge < -0.3 is 10.4 Å². The fourth-order valence-corrected chi connectivity index (χ4v) is 1.81. The minimum atomic E-state index is -0.987. The van der Waals surface area contributed by atoms with Crippen LogP contribution in [0.4, 0.5) is 0 Å². The minimum absolute atomic E-state index is 0.191. The number of carboxylic acid groups (broad SMARTS) is 1. The second-order valence-electron chi connectivity index (χ2n) is 4.75. The van der Waals surface area contributed by atoms with Crippen molar-refractivity contribution in [1.82, 2.24) is 10.3 Å². The van der Waals surface area contributed by atoms with E-state index in [2.05, 4.69) is 10.3 Å². The Hall–Kier alpha value is -3.21. The predicted molar refractivity (Wildman–Crippen MR) is 88.2 cm³/mol. The highest BCUT2D eigenvalue weighted by atomic mass is 16.4. The van der Waals surface area contributed by atoms with E-state index in [1.165, 1.54) is 12.2 Å². The molecule has 0 radical (unpaired) electrons. The van der Waals surface area contributed by atoms with E-state index >= 15 is 0 Å². The summed E-state index contributed by atoms with van der Waals surface area (Å²) in [5, 5.41) is 11.3. The molecule has 5 nitrogen and oxygen atoms in total. The van der Waals surface area contributed by atoms with Gasteiger partial charge in [-0.05, 0) is 34.9 Å². The Morgan fingerprint density at radius 2 is 1.70 bits per heavy atom. The molecular weight excluding hydrogens is 292 g/mol. The molecule has 2 aromatic rings. The Balaban J connectivity index is 1.87. The molecule has 0 bridgehead atoms. The number of carbonyl (C=O) groups is 2. The molecule has 1 heterocycles. The molecular formula is C18H16N2O3. The second kappa shape index (κ2) is 8.29. The molecule has 0 spiro atoms.